The predicted molar refractivity (Wildman–Crippen MR) is 132 cm³/mol. The molecule has 9 heteroatoms. The Bertz CT molecular complexity index is 793. The standard InChI is InChI=1S/C22H33N5O3.HI/c1-3-6-20-26-21(30-27-20)19-8-4-7-17(13-19)14-25-22(23-2)24-10-5-11-28-15-18-9-12-29-16-18;/h4,7-8,13,18H,3,5-6,9-12,14-16H2,1-2H3,(H2,23,24,25);1H. The lowest BCUT2D eigenvalue weighted by Crippen LogP contribution is -2.37. The molecule has 172 valence electrons. The molecule has 1 aromatic heterocycles. The molecule has 0 radical (unpaired) electrons. The smallest absolute Gasteiger partial charge is 0.257 e. The molecule has 1 aromatic carbocycles. The van der Waals surface area contributed by atoms with E-state index >= 15 is 0 Å². The molecule has 0 amide bonds. The quantitative estimate of drug-likeness (QED) is 0.194. The van der Waals surface area contributed by atoms with Crippen molar-refractivity contribution >= 4 is 29.9 Å². The van der Waals surface area contributed by atoms with Crippen molar-refractivity contribution in [3.8, 4) is 11.5 Å². The van der Waals surface area contributed by atoms with E-state index < -0.39 is 0 Å². The van der Waals surface area contributed by atoms with Crippen LogP contribution in [0.5, 0.6) is 0 Å². The van der Waals surface area contributed by atoms with Crippen LogP contribution < -0.4 is 10.6 Å². The second kappa shape index (κ2) is 14.4. The molecule has 1 aliphatic heterocycles. The number of nitrogens with zero attached hydrogens (tertiary/aromatic N) is 3. The molecule has 2 aromatic rings. The fourth-order valence-corrected chi connectivity index (χ4v) is 3.26. The van der Waals surface area contributed by atoms with E-state index in [0.29, 0.717) is 18.4 Å². The summed E-state index contributed by atoms with van der Waals surface area (Å²) in [4.78, 5) is 8.74. The maximum atomic E-state index is 5.73. The van der Waals surface area contributed by atoms with Crippen LogP contribution >= 0.6 is 24.0 Å². The number of nitrogens with one attached hydrogen (secondary N) is 2. The molecule has 1 aliphatic rings. The number of hydrogen-bond acceptors (Lipinski definition) is 6. The number of aryl methyl sites for hydroxylation is 1. The Balaban J connectivity index is 0.00000341. The molecule has 0 bridgehead atoms. The monoisotopic (exact) mass is 543 g/mol. The van der Waals surface area contributed by atoms with Crippen LogP contribution in [0, 0.1) is 5.92 Å². The third-order valence-corrected chi connectivity index (χ3v) is 4.93. The molecule has 0 spiro atoms. The molecular formula is C22H34IN5O3. The molecule has 0 aliphatic carbocycles. The largest absolute Gasteiger partial charge is 0.381 e. The minimum Gasteiger partial charge on any atom is -0.381 e. The van der Waals surface area contributed by atoms with E-state index in [1.165, 1.54) is 0 Å². The van der Waals surface area contributed by atoms with Crippen molar-refractivity contribution in [2.45, 2.75) is 39.2 Å². The second-order valence-corrected chi connectivity index (χ2v) is 7.48. The van der Waals surface area contributed by atoms with Gasteiger partial charge in [-0.3, -0.25) is 4.99 Å². The van der Waals surface area contributed by atoms with Gasteiger partial charge in [0.15, 0.2) is 11.8 Å². The van der Waals surface area contributed by atoms with Crippen LogP contribution in [0.2, 0.25) is 0 Å². The summed E-state index contributed by atoms with van der Waals surface area (Å²) < 4.78 is 16.5. The van der Waals surface area contributed by atoms with E-state index in [4.69, 9.17) is 14.0 Å². The summed E-state index contributed by atoms with van der Waals surface area (Å²) in [6.45, 7) is 6.81. The van der Waals surface area contributed by atoms with E-state index in [1.807, 2.05) is 12.1 Å². The molecule has 1 fully saturated rings. The summed E-state index contributed by atoms with van der Waals surface area (Å²) >= 11 is 0. The first kappa shape index (κ1) is 25.5. The number of ether oxygens (including phenoxy) is 2. The van der Waals surface area contributed by atoms with Crippen molar-refractivity contribution in [1.29, 1.82) is 0 Å². The van der Waals surface area contributed by atoms with Crippen LogP contribution in [0.15, 0.2) is 33.8 Å². The number of halogens is 1. The second-order valence-electron chi connectivity index (χ2n) is 7.48. The third kappa shape index (κ3) is 8.74. The Morgan fingerprint density at radius 1 is 1.32 bits per heavy atom. The Kier molecular flexibility index (Phi) is 11.8. The minimum atomic E-state index is 0. The van der Waals surface area contributed by atoms with Crippen LogP contribution in [0.25, 0.3) is 11.5 Å². The number of hydrogen-bond donors (Lipinski definition) is 2. The number of guanidine groups is 1. The van der Waals surface area contributed by atoms with Gasteiger partial charge in [0.25, 0.3) is 5.89 Å². The predicted octanol–water partition coefficient (Wildman–Crippen LogP) is 3.42. The number of aromatic nitrogens is 2. The maximum absolute atomic E-state index is 5.73. The van der Waals surface area contributed by atoms with Crippen LogP contribution in [0.3, 0.4) is 0 Å². The Morgan fingerprint density at radius 3 is 3.00 bits per heavy atom. The van der Waals surface area contributed by atoms with Crippen molar-refractivity contribution in [3.05, 3.63) is 35.7 Å². The van der Waals surface area contributed by atoms with Crippen molar-refractivity contribution < 1.29 is 14.0 Å². The highest BCUT2D eigenvalue weighted by Gasteiger charge is 2.15. The van der Waals surface area contributed by atoms with Crippen molar-refractivity contribution in [1.82, 2.24) is 20.8 Å². The highest BCUT2D eigenvalue weighted by atomic mass is 127. The van der Waals surface area contributed by atoms with Gasteiger partial charge in [-0.1, -0.05) is 24.2 Å². The molecule has 8 nitrogen and oxygen atoms in total. The molecule has 1 unspecified atom stereocenters. The highest BCUT2D eigenvalue weighted by Crippen LogP contribution is 2.19. The number of benzene rings is 1. The topological polar surface area (TPSA) is 93.8 Å². The number of rotatable bonds is 11. The van der Waals surface area contributed by atoms with Crippen LogP contribution in [-0.4, -0.2) is 56.1 Å². The van der Waals surface area contributed by atoms with E-state index in [0.717, 1.165) is 81.6 Å². The van der Waals surface area contributed by atoms with Gasteiger partial charge >= 0.3 is 0 Å². The van der Waals surface area contributed by atoms with Gasteiger partial charge in [0.2, 0.25) is 0 Å². The van der Waals surface area contributed by atoms with Crippen LogP contribution in [0.1, 0.15) is 37.6 Å². The molecule has 2 heterocycles. The summed E-state index contributed by atoms with van der Waals surface area (Å²) in [7, 11) is 1.77. The lowest BCUT2D eigenvalue weighted by Gasteiger charge is -2.13. The summed E-state index contributed by atoms with van der Waals surface area (Å²) in [6.07, 6.45) is 3.87. The fraction of sp³-hybridized carbons (Fsp3) is 0.591. The minimum absolute atomic E-state index is 0. The average Bonchev–Trinajstić information content (AvgIpc) is 3.45. The molecular weight excluding hydrogens is 509 g/mol. The normalized spacial score (nSPS) is 16.2. The Labute approximate surface area is 201 Å². The van der Waals surface area contributed by atoms with Crippen molar-refractivity contribution in [2.24, 2.45) is 10.9 Å². The zero-order valence-corrected chi connectivity index (χ0v) is 20.8. The summed E-state index contributed by atoms with van der Waals surface area (Å²) in [5.74, 6) is 2.65. The van der Waals surface area contributed by atoms with Gasteiger partial charge in [0.1, 0.15) is 0 Å². The van der Waals surface area contributed by atoms with Gasteiger partial charge in [-0.05, 0) is 37.0 Å². The van der Waals surface area contributed by atoms with E-state index in [1.54, 1.807) is 7.05 Å². The highest BCUT2D eigenvalue weighted by molar-refractivity contribution is 14.0. The molecule has 1 atom stereocenters. The molecule has 1 saturated heterocycles. The fourth-order valence-electron chi connectivity index (χ4n) is 3.26. The first-order chi connectivity index (χ1) is 14.8. The zero-order chi connectivity index (χ0) is 21.0. The molecule has 0 saturated carbocycles. The lowest BCUT2D eigenvalue weighted by molar-refractivity contribution is 0.0888. The van der Waals surface area contributed by atoms with E-state index in [-0.39, 0.29) is 24.0 Å². The maximum Gasteiger partial charge on any atom is 0.257 e. The van der Waals surface area contributed by atoms with Gasteiger partial charge in [-0.25, -0.2) is 0 Å². The summed E-state index contributed by atoms with van der Waals surface area (Å²) in [5.41, 5.74) is 2.05. The third-order valence-electron chi connectivity index (χ3n) is 4.93. The van der Waals surface area contributed by atoms with Crippen LogP contribution in [-0.2, 0) is 22.4 Å². The zero-order valence-electron chi connectivity index (χ0n) is 18.4. The molecule has 3 rings (SSSR count). The van der Waals surface area contributed by atoms with Gasteiger partial charge < -0.3 is 24.6 Å². The van der Waals surface area contributed by atoms with Crippen molar-refractivity contribution in [3.63, 3.8) is 0 Å². The Hall–Kier alpha value is -1.72. The Morgan fingerprint density at radius 2 is 2.23 bits per heavy atom. The van der Waals surface area contributed by atoms with Crippen molar-refractivity contribution in [2.75, 3.05) is 40.0 Å². The van der Waals surface area contributed by atoms with E-state index in [9.17, 15) is 0 Å². The molecule has 2 N–H and O–H groups in total. The SMILES string of the molecule is CCCc1noc(-c2cccc(CNC(=NC)NCCCOCC3CCOC3)c2)n1.I. The number of aliphatic imine (C=N–C) groups is 1. The summed E-state index contributed by atoms with van der Waals surface area (Å²) in [5, 5.41) is 10.7. The first-order valence-corrected chi connectivity index (χ1v) is 10.8. The first-order valence-electron chi connectivity index (χ1n) is 10.8. The van der Waals surface area contributed by atoms with Gasteiger partial charge in [0, 0.05) is 51.3 Å². The van der Waals surface area contributed by atoms with Gasteiger partial charge in [-0.2, -0.15) is 4.98 Å². The van der Waals surface area contributed by atoms with Gasteiger partial charge in [0.05, 0.1) is 13.2 Å². The van der Waals surface area contributed by atoms with Crippen LogP contribution in [0.4, 0.5) is 0 Å². The summed E-state index contributed by atoms with van der Waals surface area (Å²) in [6, 6.07) is 8.11. The van der Waals surface area contributed by atoms with E-state index in [2.05, 4.69) is 44.8 Å². The lowest BCUT2D eigenvalue weighted by atomic mass is 10.1. The van der Waals surface area contributed by atoms with Gasteiger partial charge in [-0.15, -0.1) is 24.0 Å². The molecule has 31 heavy (non-hydrogen) atoms. The average molecular weight is 543 g/mol.